The standard InChI is InChI=1S/C16H18N2O3S/c1-9(2)15-18-13(8-22-15)10(3)17-14(19)11-4-6-12(7-5-11)16(20)21/h4-10H,1-3H3,(H,17,19)(H,20,21)/t10-/m1/s1. The first-order valence-electron chi connectivity index (χ1n) is 6.98. The Balaban J connectivity index is 2.05. The molecule has 0 aliphatic rings. The number of thiazole rings is 1. The van der Waals surface area contributed by atoms with Crippen LogP contribution in [0.5, 0.6) is 0 Å². The van der Waals surface area contributed by atoms with Gasteiger partial charge in [-0.25, -0.2) is 9.78 Å². The van der Waals surface area contributed by atoms with Crippen LogP contribution in [0.2, 0.25) is 0 Å². The zero-order valence-electron chi connectivity index (χ0n) is 12.7. The number of rotatable bonds is 5. The molecule has 0 radical (unpaired) electrons. The Bertz CT molecular complexity index is 677. The maximum atomic E-state index is 12.2. The molecule has 2 aromatic rings. The van der Waals surface area contributed by atoms with E-state index in [4.69, 9.17) is 5.11 Å². The molecule has 6 heteroatoms. The van der Waals surface area contributed by atoms with E-state index >= 15 is 0 Å². The number of nitrogens with zero attached hydrogens (tertiary/aromatic N) is 1. The molecule has 22 heavy (non-hydrogen) atoms. The number of nitrogens with one attached hydrogen (secondary N) is 1. The number of carbonyl (C=O) groups is 2. The molecule has 0 aliphatic heterocycles. The lowest BCUT2D eigenvalue weighted by Gasteiger charge is -2.12. The summed E-state index contributed by atoms with van der Waals surface area (Å²) >= 11 is 1.59. The Morgan fingerprint density at radius 2 is 1.73 bits per heavy atom. The molecule has 2 rings (SSSR count). The fourth-order valence-electron chi connectivity index (χ4n) is 1.88. The van der Waals surface area contributed by atoms with Gasteiger partial charge in [-0.15, -0.1) is 11.3 Å². The average molecular weight is 318 g/mol. The van der Waals surface area contributed by atoms with Gasteiger partial charge in [0, 0.05) is 16.9 Å². The number of amides is 1. The van der Waals surface area contributed by atoms with Crippen molar-refractivity contribution < 1.29 is 14.7 Å². The van der Waals surface area contributed by atoms with Crippen LogP contribution in [-0.4, -0.2) is 22.0 Å². The van der Waals surface area contributed by atoms with Crippen molar-refractivity contribution >= 4 is 23.2 Å². The quantitative estimate of drug-likeness (QED) is 0.885. The van der Waals surface area contributed by atoms with E-state index in [1.54, 1.807) is 11.3 Å². The first-order chi connectivity index (χ1) is 10.4. The monoisotopic (exact) mass is 318 g/mol. The number of hydrogen-bond acceptors (Lipinski definition) is 4. The van der Waals surface area contributed by atoms with Gasteiger partial charge in [-0.2, -0.15) is 0 Å². The van der Waals surface area contributed by atoms with Gasteiger partial charge < -0.3 is 10.4 Å². The first-order valence-corrected chi connectivity index (χ1v) is 7.86. The van der Waals surface area contributed by atoms with E-state index in [2.05, 4.69) is 24.1 Å². The van der Waals surface area contributed by atoms with Gasteiger partial charge in [0.25, 0.3) is 5.91 Å². The Morgan fingerprint density at radius 1 is 1.14 bits per heavy atom. The normalized spacial score (nSPS) is 12.2. The highest BCUT2D eigenvalue weighted by Crippen LogP contribution is 2.22. The molecule has 0 bridgehead atoms. The lowest BCUT2D eigenvalue weighted by atomic mass is 10.1. The van der Waals surface area contributed by atoms with Crippen molar-refractivity contribution in [2.24, 2.45) is 0 Å². The molecule has 0 spiro atoms. The smallest absolute Gasteiger partial charge is 0.335 e. The Morgan fingerprint density at radius 3 is 2.23 bits per heavy atom. The van der Waals surface area contributed by atoms with E-state index in [-0.39, 0.29) is 17.5 Å². The summed E-state index contributed by atoms with van der Waals surface area (Å²) in [4.78, 5) is 27.5. The van der Waals surface area contributed by atoms with Crippen molar-refractivity contribution in [1.82, 2.24) is 10.3 Å². The fraction of sp³-hybridized carbons (Fsp3) is 0.312. The van der Waals surface area contributed by atoms with Crippen LogP contribution >= 0.6 is 11.3 Å². The van der Waals surface area contributed by atoms with Crippen LogP contribution in [0.1, 0.15) is 64.1 Å². The average Bonchev–Trinajstić information content (AvgIpc) is 2.97. The molecule has 0 unspecified atom stereocenters. The van der Waals surface area contributed by atoms with Gasteiger partial charge in [0.1, 0.15) is 0 Å². The molecular formula is C16H18N2O3S. The maximum Gasteiger partial charge on any atom is 0.335 e. The predicted octanol–water partition coefficient (Wildman–Crippen LogP) is 3.46. The van der Waals surface area contributed by atoms with Crippen molar-refractivity contribution in [3.05, 3.63) is 51.5 Å². The molecule has 116 valence electrons. The minimum atomic E-state index is -1.01. The third-order valence-electron chi connectivity index (χ3n) is 3.22. The molecule has 0 saturated heterocycles. The number of carbonyl (C=O) groups excluding carboxylic acids is 1. The number of carboxylic acids is 1. The van der Waals surface area contributed by atoms with E-state index in [0.717, 1.165) is 10.7 Å². The predicted molar refractivity (Wildman–Crippen MR) is 85.5 cm³/mol. The summed E-state index contributed by atoms with van der Waals surface area (Å²) in [7, 11) is 0. The van der Waals surface area contributed by atoms with Crippen LogP contribution in [-0.2, 0) is 0 Å². The Hall–Kier alpha value is -2.21. The van der Waals surface area contributed by atoms with Crippen LogP contribution < -0.4 is 5.32 Å². The highest BCUT2D eigenvalue weighted by atomic mass is 32.1. The fourth-order valence-corrected chi connectivity index (χ4v) is 2.81. The van der Waals surface area contributed by atoms with Gasteiger partial charge in [0.15, 0.2) is 0 Å². The van der Waals surface area contributed by atoms with Gasteiger partial charge in [-0.05, 0) is 31.2 Å². The SMILES string of the molecule is CC(C)c1nc([C@@H](C)NC(=O)c2ccc(C(=O)O)cc2)cs1. The van der Waals surface area contributed by atoms with E-state index in [1.807, 2.05) is 12.3 Å². The third kappa shape index (κ3) is 3.71. The van der Waals surface area contributed by atoms with Crippen LogP contribution in [0, 0.1) is 0 Å². The molecular weight excluding hydrogens is 300 g/mol. The van der Waals surface area contributed by atoms with Gasteiger partial charge in [-0.1, -0.05) is 13.8 Å². The summed E-state index contributed by atoms with van der Waals surface area (Å²) in [6.07, 6.45) is 0. The van der Waals surface area contributed by atoms with Crippen LogP contribution in [0.4, 0.5) is 0 Å². The maximum absolute atomic E-state index is 12.2. The topological polar surface area (TPSA) is 79.3 Å². The van der Waals surface area contributed by atoms with Crippen molar-refractivity contribution in [2.75, 3.05) is 0 Å². The summed E-state index contributed by atoms with van der Waals surface area (Å²) in [5.74, 6) is -0.891. The first kappa shape index (κ1) is 16.2. The number of benzene rings is 1. The summed E-state index contributed by atoms with van der Waals surface area (Å²) in [5, 5.41) is 14.7. The third-order valence-corrected chi connectivity index (χ3v) is 4.38. The van der Waals surface area contributed by atoms with Crippen LogP contribution in [0.25, 0.3) is 0 Å². The molecule has 5 nitrogen and oxygen atoms in total. The highest BCUT2D eigenvalue weighted by Gasteiger charge is 2.15. The van der Waals surface area contributed by atoms with E-state index in [1.165, 1.54) is 24.3 Å². The zero-order valence-corrected chi connectivity index (χ0v) is 13.5. The molecule has 1 amide bonds. The summed E-state index contributed by atoms with van der Waals surface area (Å²) in [6.45, 7) is 6.04. The second kappa shape index (κ2) is 6.70. The van der Waals surface area contributed by atoms with Gasteiger partial charge >= 0.3 is 5.97 Å². The van der Waals surface area contributed by atoms with Crippen LogP contribution in [0.3, 0.4) is 0 Å². The van der Waals surface area contributed by atoms with Gasteiger partial charge in [0.05, 0.1) is 22.3 Å². The molecule has 1 atom stereocenters. The molecule has 1 heterocycles. The highest BCUT2D eigenvalue weighted by molar-refractivity contribution is 7.09. The van der Waals surface area contributed by atoms with E-state index in [0.29, 0.717) is 11.5 Å². The van der Waals surface area contributed by atoms with Gasteiger partial charge in [-0.3, -0.25) is 4.79 Å². The molecule has 0 saturated carbocycles. The minimum absolute atomic E-state index is 0.158. The summed E-state index contributed by atoms with van der Waals surface area (Å²) in [6, 6.07) is 5.65. The lowest BCUT2D eigenvalue weighted by Crippen LogP contribution is -2.26. The second-order valence-corrected chi connectivity index (χ2v) is 6.23. The number of aromatic carboxylic acids is 1. The molecule has 1 aromatic heterocycles. The Labute approximate surface area is 133 Å². The van der Waals surface area contributed by atoms with E-state index < -0.39 is 5.97 Å². The zero-order chi connectivity index (χ0) is 16.3. The largest absolute Gasteiger partial charge is 0.478 e. The molecule has 0 aliphatic carbocycles. The van der Waals surface area contributed by atoms with Gasteiger partial charge in [0.2, 0.25) is 0 Å². The summed E-state index contributed by atoms with van der Waals surface area (Å²) < 4.78 is 0. The molecule has 0 fully saturated rings. The van der Waals surface area contributed by atoms with E-state index in [9.17, 15) is 9.59 Å². The number of carboxylic acid groups (broad SMARTS) is 1. The minimum Gasteiger partial charge on any atom is -0.478 e. The van der Waals surface area contributed by atoms with Crippen LogP contribution in [0.15, 0.2) is 29.6 Å². The molecule has 2 N–H and O–H groups in total. The van der Waals surface area contributed by atoms with Crippen molar-refractivity contribution in [2.45, 2.75) is 32.7 Å². The Kier molecular flexibility index (Phi) is 4.92. The lowest BCUT2D eigenvalue weighted by molar-refractivity contribution is 0.0696. The second-order valence-electron chi connectivity index (χ2n) is 5.34. The van der Waals surface area contributed by atoms with Crippen molar-refractivity contribution in [3.8, 4) is 0 Å². The number of hydrogen-bond donors (Lipinski definition) is 2. The van der Waals surface area contributed by atoms with Crippen molar-refractivity contribution in [3.63, 3.8) is 0 Å². The summed E-state index contributed by atoms with van der Waals surface area (Å²) in [5.41, 5.74) is 1.42. The van der Waals surface area contributed by atoms with Crippen molar-refractivity contribution in [1.29, 1.82) is 0 Å². The molecule has 1 aromatic carbocycles. The number of aromatic nitrogens is 1.